The topological polar surface area (TPSA) is 80.9 Å². The lowest BCUT2D eigenvalue weighted by molar-refractivity contribution is 0.1000. The Bertz CT molecular complexity index is 788. The Kier molecular flexibility index (Phi) is 4.15. The molecule has 3 heterocycles. The van der Waals surface area contributed by atoms with Crippen molar-refractivity contribution < 1.29 is 14.3 Å². The monoisotopic (exact) mass is 340 g/mol. The number of nitrogens with two attached hydrogens (primary N) is 1. The molecule has 0 atom stereocenters. The average Bonchev–Trinajstić information content (AvgIpc) is 3.10. The molecule has 7 heteroatoms. The number of primary amides is 1. The molecule has 0 spiro atoms. The number of anilines is 1. The maximum absolute atomic E-state index is 11.3. The van der Waals surface area contributed by atoms with Crippen LogP contribution in [0.5, 0.6) is 11.5 Å². The van der Waals surface area contributed by atoms with Gasteiger partial charge in [0, 0.05) is 44.5 Å². The van der Waals surface area contributed by atoms with Gasteiger partial charge in [0.2, 0.25) is 12.7 Å². The molecule has 0 saturated carbocycles. The quantitative estimate of drug-likeness (QED) is 0.902. The molecule has 2 N–H and O–H groups in total. The van der Waals surface area contributed by atoms with Gasteiger partial charge >= 0.3 is 0 Å². The lowest BCUT2D eigenvalue weighted by Gasteiger charge is -2.35. The van der Waals surface area contributed by atoms with Gasteiger partial charge in [-0.05, 0) is 29.8 Å². The number of benzene rings is 1. The molecule has 1 aromatic heterocycles. The van der Waals surface area contributed by atoms with E-state index in [0.717, 1.165) is 50.0 Å². The molecule has 0 unspecified atom stereocenters. The van der Waals surface area contributed by atoms with Gasteiger partial charge in [-0.15, -0.1) is 0 Å². The Morgan fingerprint density at radius 3 is 2.68 bits per heavy atom. The first-order valence-electron chi connectivity index (χ1n) is 8.31. The van der Waals surface area contributed by atoms with Crippen molar-refractivity contribution in [3.8, 4) is 11.5 Å². The van der Waals surface area contributed by atoms with E-state index in [2.05, 4.69) is 20.9 Å². The number of carbonyl (C=O) groups excluding carboxylic acids is 1. The molecule has 2 aliphatic rings. The van der Waals surface area contributed by atoms with E-state index in [1.54, 1.807) is 18.3 Å². The molecule has 1 saturated heterocycles. The normalized spacial score (nSPS) is 16.9. The molecule has 130 valence electrons. The Morgan fingerprint density at radius 1 is 1.08 bits per heavy atom. The van der Waals surface area contributed by atoms with Crippen molar-refractivity contribution in [1.82, 2.24) is 9.88 Å². The summed E-state index contributed by atoms with van der Waals surface area (Å²) in [6, 6.07) is 9.50. The van der Waals surface area contributed by atoms with Crippen molar-refractivity contribution in [3.63, 3.8) is 0 Å². The van der Waals surface area contributed by atoms with Crippen LogP contribution in [0.3, 0.4) is 0 Å². The van der Waals surface area contributed by atoms with Crippen LogP contribution in [0.15, 0.2) is 36.5 Å². The lowest BCUT2D eigenvalue weighted by atomic mass is 10.1. The number of pyridine rings is 1. The van der Waals surface area contributed by atoms with Gasteiger partial charge in [-0.3, -0.25) is 9.69 Å². The second-order valence-corrected chi connectivity index (χ2v) is 6.22. The van der Waals surface area contributed by atoms with Gasteiger partial charge in [-0.25, -0.2) is 4.98 Å². The number of ether oxygens (including phenoxy) is 2. The summed E-state index contributed by atoms with van der Waals surface area (Å²) in [6.45, 7) is 4.75. The first-order chi connectivity index (χ1) is 12.2. The summed E-state index contributed by atoms with van der Waals surface area (Å²) in [5, 5.41) is 0. The molecule has 1 aromatic carbocycles. The van der Waals surface area contributed by atoms with Crippen LogP contribution in [0.25, 0.3) is 0 Å². The van der Waals surface area contributed by atoms with Crippen LogP contribution in [0, 0.1) is 0 Å². The Balaban J connectivity index is 1.37. The predicted molar refractivity (Wildman–Crippen MR) is 92.8 cm³/mol. The number of piperazine rings is 1. The van der Waals surface area contributed by atoms with Crippen LogP contribution in [-0.4, -0.2) is 48.8 Å². The fourth-order valence-electron chi connectivity index (χ4n) is 3.18. The average molecular weight is 340 g/mol. The number of aromatic nitrogens is 1. The van der Waals surface area contributed by atoms with Gasteiger partial charge in [0.25, 0.3) is 0 Å². The third-order valence-corrected chi connectivity index (χ3v) is 4.57. The highest BCUT2D eigenvalue weighted by Gasteiger charge is 2.20. The second-order valence-electron chi connectivity index (χ2n) is 6.22. The SMILES string of the molecule is NC(=O)c1ccnc(N2CCN(Cc3ccc4c(c3)OCO4)CC2)c1. The minimum atomic E-state index is -0.426. The van der Waals surface area contributed by atoms with Crippen LogP contribution >= 0.6 is 0 Å². The van der Waals surface area contributed by atoms with Crippen molar-refractivity contribution in [3.05, 3.63) is 47.7 Å². The predicted octanol–water partition coefficient (Wildman–Crippen LogP) is 1.23. The van der Waals surface area contributed by atoms with Crippen molar-refractivity contribution in [2.75, 3.05) is 37.9 Å². The maximum Gasteiger partial charge on any atom is 0.248 e. The summed E-state index contributed by atoms with van der Waals surface area (Å²) < 4.78 is 10.8. The zero-order chi connectivity index (χ0) is 17.2. The van der Waals surface area contributed by atoms with Crippen LogP contribution in [0.1, 0.15) is 15.9 Å². The number of carbonyl (C=O) groups is 1. The number of amides is 1. The molecule has 7 nitrogen and oxygen atoms in total. The van der Waals surface area contributed by atoms with Crippen molar-refractivity contribution in [2.24, 2.45) is 5.73 Å². The third-order valence-electron chi connectivity index (χ3n) is 4.57. The molecule has 0 radical (unpaired) electrons. The van der Waals surface area contributed by atoms with Gasteiger partial charge in [-0.2, -0.15) is 0 Å². The molecule has 2 aromatic rings. The van der Waals surface area contributed by atoms with E-state index in [-0.39, 0.29) is 0 Å². The Labute approximate surface area is 145 Å². The summed E-state index contributed by atoms with van der Waals surface area (Å²) in [7, 11) is 0. The molecule has 4 rings (SSSR count). The molecular formula is C18H20N4O3. The maximum atomic E-state index is 11.3. The summed E-state index contributed by atoms with van der Waals surface area (Å²) in [6.07, 6.45) is 1.63. The van der Waals surface area contributed by atoms with Gasteiger partial charge < -0.3 is 20.1 Å². The zero-order valence-electron chi connectivity index (χ0n) is 13.9. The van der Waals surface area contributed by atoms with Gasteiger partial charge in [0.15, 0.2) is 11.5 Å². The fraction of sp³-hybridized carbons (Fsp3) is 0.333. The molecule has 1 amide bonds. The van der Waals surface area contributed by atoms with Gasteiger partial charge in [0.05, 0.1) is 0 Å². The van der Waals surface area contributed by atoms with Crippen LogP contribution < -0.4 is 20.1 Å². The van der Waals surface area contributed by atoms with E-state index in [0.29, 0.717) is 12.4 Å². The Hall–Kier alpha value is -2.80. The lowest BCUT2D eigenvalue weighted by Crippen LogP contribution is -2.46. The van der Waals surface area contributed by atoms with E-state index >= 15 is 0 Å². The number of rotatable bonds is 4. The van der Waals surface area contributed by atoms with Crippen LogP contribution in [-0.2, 0) is 6.54 Å². The molecule has 1 fully saturated rings. The van der Waals surface area contributed by atoms with E-state index in [9.17, 15) is 4.79 Å². The van der Waals surface area contributed by atoms with E-state index in [1.165, 1.54) is 5.56 Å². The highest BCUT2D eigenvalue weighted by atomic mass is 16.7. The van der Waals surface area contributed by atoms with Crippen molar-refractivity contribution >= 4 is 11.7 Å². The van der Waals surface area contributed by atoms with E-state index in [1.807, 2.05) is 12.1 Å². The van der Waals surface area contributed by atoms with Crippen molar-refractivity contribution in [2.45, 2.75) is 6.54 Å². The highest BCUT2D eigenvalue weighted by Crippen LogP contribution is 2.32. The molecular weight excluding hydrogens is 320 g/mol. The highest BCUT2D eigenvalue weighted by molar-refractivity contribution is 5.93. The van der Waals surface area contributed by atoms with Crippen LogP contribution in [0.4, 0.5) is 5.82 Å². The number of nitrogens with zero attached hydrogens (tertiary/aromatic N) is 3. The smallest absolute Gasteiger partial charge is 0.248 e. The third kappa shape index (κ3) is 3.36. The number of fused-ring (bicyclic) bond motifs is 1. The summed E-state index contributed by atoms with van der Waals surface area (Å²) in [5.74, 6) is 2.02. The fourth-order valence-corrected chi connectivity index (χ4v) is 3.18. The molecule has 2 aliphatic heterocycles. The van der Waals surface area contributed by atoms with Gasteiger partial charge in [-0.1, -0.05) is 6.07 Å². The van der Waals surface area contributed by atoms with Crippen molar-refractivity contribution in [1.29, 1.82) is 0 Å². The zero-order valence-corrected chi connectivity index (χ0v) is 13.9. The standard InChI is InChI=1S/C18H20N4O3/c19-18(23)14-3-4-20-17(10-14)22-7-5-21(6-8-22)11-13-1-2-15-16(9-13)25-12-24-15/h1-4,9-10H,5-8,11-12H2,(H2,19,23). The summed E-state index contributed by atoms with van der Waals surface area (Å²) in [4.78, 5) is 20.3. The summed E-state index contributed by atoms with van der Waals surface area (Å²) >= 11 is 0. The number of hydrogen-bond donors (Lipinski definition) is 1. The van der Waals surface area contributed by atoms with E-state index in [4.69, 9.17) is 15.2 Å². The molecule has 0 aliphatic carbocycles. The van der Waals surface area contributed by atoms with Gasteiger partial charge in [0.1, 0.15) is 5.82 Å². The molecule has 25 heavy (non-hydrogen) atoms. The largest absolute Gasteiger partial charge is 0.454 e. The first-order valence-corrected chi connectivity index (χ1v) is 8.31. The summed E-state index contributed by atoms with van der Waals surface area (Å²) in [5.41, 5.74) is 7.05. The minimum Gasteiger partial charge on any atom is -0.454 e. The van der Waals surface area contributed by atoms with E-state index < -0.39 is 5.91 Å². The van der Waals surface area contributed by atoms with Crippen LogP contribution in [0.2, 0.25) is 0 Å². The first kappa shape index (κ1) is 15.7. The Morgan fingerprint density at radius 2 is 1.88 bits per heavy atom. The number of hydrogen-bond acceptors (Lipinski definition) is 6. The molecule has 0 bridgehead atoms. The second kappa shape index (κ2) is 6.60. The minimum absolute atomic E-state index is 0.300.